The van der Waals surface area contributed by atoms with Gasteiger partial charge in [-0.05, 0) is 0 Å². The van der Waals surface area contributed by atoms with Crippen molar-refractivity contribution in [1.29, 1.82) is 0 Å². The summed E-state index contributed by atoms with van der Waals surface area (Å²) in [5.41, 5.74) is -1.65. The highest BCUT2D eigenvalue weighted by atomic mass is 16.6. The predicted octanol–water partition coefficient (Wildman–Crippen LogP) is -1.63. The fourth-order valence-corrected chi connectivity index (χ4v) is 0.958. The van der Waals surface area contributed by atoms with Gasteiger partial charge in [0.05, 0.1) is 0 Å². The van der Waals surface area contributed by atoms with Crippen LogP contribution >= 0.6 is 0 Å². The Kier molecular flexibility index (Phi) is 2.81. The zero-order valence-electron chi connectivity index (χ0n) is 7.03. The zero-order chi connectivity index (χ0) is 11.4. The van der Waals surface area contributed by atoms with E-state index in [0.717, 1.165) is 0 Å². The summed E-state index contributed by atoms with van der Waals surface area (Å²) in [6, 6.07) is 0. The molecule has 0 amide bonds. The first-order chi connectivity index (χ1) is 7.08. The van der Waals surface area contributed by atoms with Crippen LogP contribution in [0.2, 0.25) is 0 Å². The standard InChI is InChI=1S/C5H4N4O3.HNO2/c10-3-1-2(7-4(11)6-1)8-5(12)9-3;2-1-3/h(H4,6,7,8,9,10,11,12);(H,2,3). The fourth-order valence-electron chi connectivity index (χ4n) is 0.958. The minimum atomic E-state index is -0.650. The largest absolute Gasteiger partial charge is 0.379 e. The summed E-state index contributed by atoms with van der Waals surface area (Å²) < 4.78 is 0. The fraction of sp³-hybridized carbons (Fsp3) is 0. The monoisotopic (exact) mass is 215 g/mol. The molecule has 5 N–H and O–H groups in total. The van der Waals surface area contributed by atoms with Crippen LogP contribution in [-0.2, 0) is 0 Å². The Bertz CT molecular complexity index is 629. The van der Waals surface area contributed by atoms with E-state index < -0.39 is 16.9 Å². The Morgan fingerprint density at radius 2 is 1.40 bits per heavy atom. The lowest BCUT2D eigenvalue weighted by atomic mass is 10.5. The lowest BCUT2D eigenvalue weighted by molar-refractivity contribution is 0.312. The van der Waals surface area contributed by atoms with Crippen molar-refractivity contribution in [2.24, 2.45) is 5.34 Å². The third-order valence-electron chi connectivity index (χ3n) is 1.42. The van der Waals surface area contributed by atoms with Gasteiger partial charge >= 0.3 is 11.4 Å². The maximum Gasteiger partial charge on any atom is 0.327 e. The van der Waals surface area contributed by atoms with Crippen LogP contribution in [0.15, 0.2) is 19.7 Å². The van der Waals surface area contributed by atoms with Crippen molar-refractivity contribution in [1.82, 2.24) is 19.9 Å². The summed E-state index contributed by atoms with van der Waals surface area (Å²) in [6.07, 6.45) is 0. The molecule has 0 aliphatic carbocycles. The molecular formula is C5H5N5O5. The molecule has 10 nitrogen and oxygen atoms in total. The molecular weight excluding hydrogens is 210 g/mol. The molecule has 2 aromatic rings. The maximum absolute atomic E-state index is 10.9. The van der Waals surface area contributed by atoms with Crippen LogP contribution in [0.1, 0.15) is 0 Å². The summed E-state index contributed by atoms with van der Waals surface area (Å²) in [6.45, 7) is 0. The van der Waals surface area contributed by atoms with E-state index in [-0.39, 0.29) is 11.2 Å². The molecule has 2 aromatic heterocycles. The summed E-state index contributed by atoms with van der Waals surface area (Å²) >= 11 is 0. The molecule has 0 atom stereocenters. The molecule has 2 rings (SSSR count). The number of nitrogens with zero attached hydrogens (tertiary/aromatic N) is 1. The number of fused-ring (bicyclic) bond motifs is 1. The van der Waals surface area contributed by atoms with Crippen molar-refractivity contribution in [3.63, 3.8) is 0 Å². The molecule has 0 aromatic carbocycles. The van der Waals surface area contributed by atoms with E-state index in [1.807, 2.05) is 4.98 Å². The van der Waals surface area contributed by atoms with Crippen LogP contribution in [0.3, 0.4) is 0 Å². The van der Waals surface area contributed by atoms with Crippen molar-refractivity contribution >= 4 is 11.2 Å². The molecule has 2 heterocycles. The van der Waals surface area contributed by atoms with Crippen LogP contribution in [0.5, 0.6) is 0 Å². The highest BCUT2D eigenvalue weighted by Crippen LogP contribution is 1.88. The smallest absolute Gasteiger partial charge is 0.327 e. The van der Waals surface area contributed by atoms with E-state index in [0.29, 0.717) is 0 Å². The average molecular weight is 215 g/mol. The number of aromatic amines is 4. The molecule has 0 aliphatic rings. The van der Waals surface area contributed by atoms with E-state index in [1.165, 1.54) is 5.34 Å². The van der Waals surface area contributed by atoms with Gasteiger partial charge in [-0.25, -0.2) is 9.59 Å². The molecule has 0 bridgehead atoms. The van der Waals surface area contributed by atoms with E-state index in [4.69, 9.17) is 10.1 Å². The summed E-state index contributed by atoms with van der Waals surface area (Å²) in [7, 11) is 0. The van der Waals surface area contributed by atoms with Crippen LogP contribution in [-0.4, -0.2) is 25.1 Å². The van der Waals surface area contributed by atoms with E-state index in [9.17, 15) is 14.4 Å². The molecule has 0 saturated heterocycles. The number of hydrogen-bond donors (Lipinski definition) is 5. The minimum absolute atomic E-state index is 0.0413. The Hall–Kier alpha value is -2.65. The van der Waals surface area contributed by atoms with Gasteiger partial charge in [0, 0.05) is 0 Å². The highest BCUT2D eigenvalue weighted by Gasteiger charge is 2.02. The Balaban J connectivity index is 0.000000337. The van der Waals surface area contributed by atoms with Gasteiger partial charge < -0.3 is 5.21 Å². The van der Waals surface area contributed by atoms with Gasteiger partial charge in [-0.2, -0.15) is 0 Å². The van der Waals surface area contributed by atoms with Crippen molar-refractivity contribution in [2.45, 2.75) is 0 Å². The number of imidazole rings is 1. The van der Waals surface area contributed by atoms with Crippen molar-refractivity contribution < 1.29 is 5.21 Å². The average Bonchev–Trinajstić information content (AvgIpc) is 2.47. The van der Waals surface area contributed by atoms with E-state index in [1.54, 1.807) is 0 Å². The topological polar surface area (TPSA) is 164 Å². The first-order valence-electron chi connectivity index (χ1n) is 3.49. The number of nitrogens with one attached hydrogen (secondary N) is 4. The molecule has 0 spiro atoms. The first kappa shape index (κ1) is 10.4. The minimum Gasteiger partial charge on any atom is -0.379 e. The van der Waals surface area contributed by atoms with Crippen LogP contribution < -0.4 is 16.9 Å². The number of aromatic nitrogens is 4. The molecule has 0 aliphatic heterocycles. The third kappa shape index (κ3) is 2.18. The van der Waals surface area contributed by atoms with Gasteiger partial charge in [-0.1, -0.05) is 0 Å². The molecule has 0 unspecified atom stereocenters. The number of rotatable bonds is 0. The van der Waals surface area contributed by atoms with Gasteiger partial charge in [0.2, 0.25) is 0 Å². The van der Waals surface area contributed by atoms with Crippen LogP contribution in [0, 0.1) is 4.91 Å². The normalized spacial score (nSPS) is 9.33. The number of H-pyrrole nitrogens is 4. The van der Waals surface area contributed by atoms with Crippen molar-refractivity contribution in [3.8, 4) is 0 Å². The van der Waals surface area contributed by atoms with Crippen molar-refractivity contribution in [3.05, 3.63) is 36.2 Å². The second kappa shape index (κ2) is 4.04. The molecule has 15 heavy (non-hydrogen) atoms. The first-order valence-corrected chi connectivity index (χ1v) is 3.49. The zero-order valence-corrected chi connectivity index (χ0v) is 7.03. The summed E-state index contributed by atoms with van der Waals surface area (Å²) in [5, 5.41) is 7.89. The summed E-state index contributed by atoms with van der Waals surface area (Å²) in [4.78, 5) is 49.1. The lowest BCUT2D eigenvalue weighted by Crippen LogP contribution is -2.21. The Morgan fingerprint density at radius 3 is 1.93 bits per heavy atom. The third-order valence-corrected chi connectivity index (χ3v) is 1.42. The predicted molar refractivity (Wildman–Crippen MR) is 47.7 cm³/mol. The van der Waals surface area contributed by atoms with Crippen LogP contribution in [0.4, 0.5) is 0 Å². The van der Waals surface area contributed by atoms with E-state index >= 15 is 0 Å². The Morgan fingerprint density at radius 1 is 0.933 bits per heavy atom. The SMILES string of the molecule is O=NO.O=c1[nH]c(=O)c2[nH]c(=O)[nH]c2[nH]1. The number of hydrogen-bond acceptors (Lipinski definition) is 5. The van der Waals surface area contributed by atoms with Gasteiger partial charge in [0.1, 0.15) is 11.2 Å². The molecule has 10 heteroatoms. The van der Waals surface area contributed by atoms with Gasteiger partial charge in [-0.3, -0.25) is 24.7 Å². The van der Waals surface area contributed by atoms with E-state index in [2.05, 4.69) is 15.0 Å². The summed E-state index contributed by atoms with van der Waals surface area (Å²) in [5.74, 6) is 0. The van der Waals surface area contributed by atoms with Gasteiger partial charge in [-0.15, -0.1) is 4.91 Å². The molecule has 0 radical (unpaired) electrons. The molecule has 80 valence electrons. The maximum atomic E-state index is 10.9. The van der Waals surface area contributed by atoms with Gasteiger partial charge in [0.15, 0.2) is 5.34 Å². The van der Waals surface area contributed by atoms with Crippen LogP contribution in [0.25, 0.3) is 11.2 Å². The second-order valence-electron chi connectivity index (χ2n) is 2.32. The molecule has 0 saturated carbocycles. The van der Waals surface area contributed by atoms with Crippen molar-refractivity contribution in [2.75, 3.05) is 0 Å². The quantitative estimate of drug-likeness (QED) is 0.262. The Labute approximate surface area is 78.9 Å². The second-order valence-corrected chi connectivity index (χ2v) is 2.32. The molecule has 0 fully saturated rings. The highest BCUT2D eigenvalue weighted by molar-refractivity contribution is 5.67. The lowest BCUT2D eigenvalue weighted by Gasteiger charge is -1.83. The van der Waals surface area contributed by atoms with Gasteiger partial charge in [0.25, 0.3) is 5.56 Å².